The number of pyridine rings is 1. The first-order chi connectivity index (χ1) is 8.45. The summed E-state index contributed by atoms with van der Waals surface area (Å²) in [6.07, 6.45) is 1.85. The summed E-state index contributed by atoms with van der Waals surface area (Å²) in [6.45, 7) is 2.09. The molecular weight excluding hydrogens is 228 g/mol. The average molecular weight is 245 g/mol. The highest BCUT2D eigenvalue weighted by atomic mass is 32.2. The summed E-state index contributed by atoms with van der Waals surface area (Å²) in [5.74, 6) is 1.14. The molecule has 0 fully saturated rings. The first-order valence-electron chi connectivity index (χ1n) is 5.84. The van der Waals surface area contributed by atoms with Crippen LogP contribution in [0.1, 0.15) is 5.69 Å². The van der Waals surface area contributed by atoms with Crippen molar-refractivity contribution >= 4 is 11.8 Å². The zero-order chi connectivity index (χ0) is 11.8. The van der Waals surface area contributed by atoms with Gasteiger partial charge in [0, 0.05) is 16.8 Å². The van der Waals surface area contributed by atoms with Crippen molar-refractivity contribution in [2.75, 3.05) is 12.3 Å². The van der Waals surface area contributed by atoms with Crippen LogP contribution in [0.15, 0.2) is 59.6 Å². The smallest absolute Gasteiger partial charge is 0.118 e. The Bertz CT molecular complexity index is 375. The molecule has 88 valence electrons. The summed E-state index contributed by atoms with van der Waals surface area (Å²) in [4.78, 5) is 5.64. The van der Waals surface area contributed by atoms with Gasteiger partial charge in [0.15, 0.2) is 0 Å². The van der Waals surface area contributed by atoms with E-state index in [-0.39, 0.29) is 0 Å². The lowest BCUT2D eigenvalue weighted by Crippen LogP contribution is -2.83. The van der Waals surface area contributed by atoms with E-state index in [1.54, 1.807) is 0 Å². The number of hydrogen-bond donors (Lipinski definition) is 1. The van der Waals surface area contributed by atoms with Gasteiger partial charge in [0.2, 0.25) is 0 Å². The fourth-order valence-electron chi connectivity index (χ4n) is 1.55. The van der Waals surface area contributed by atoms with E-state index in [9.17, 15) is 0 Å². The highest BCUT2D eigenvalue weighted by Crippen LogP contribution is 2.15. The number of hydrogen-bond acceptors (Lipinski definition) is 2. The largest absolute Gasteiger partial charge is 0.341 e. The van der Waals surface area contributed by atoms with E-state index >= 15 is 0 Å². The molecule has 0 saturated heterocycles. The Hall–Kier alpha value is -1.32. The van der Waals surface area contributed by atoms with Gasteiger partial charge in [-0.15, -0.1) is 11.8 Å². The Balaban J connectivity index is 1.61. The molecule has 0 aliphatic rings. The van der Waals surface area contributed by atoms with E-state index in [1.165, 1.54) is 4.90 Å². The van der Waals surface area contributed by atoms with Crippen LogP contribution in [0.25, 0.3) is 0 Å². The Morgan fingerprint density at radius 2 is 1.82 bits per heavy atom. The molecule has 0 aliphatic carbocycles. The number of rotatable bonds is 6. The van der Waals surface area contributed by atoms with Gasteiger partial charge < -0.3 is 5.32 Å². The molecule has 0 bridgehead atoms. The van der Waals surface area contributed by atoms with Crippen LogP contribution in [0.4, 0.5) is 0 Å². The maximum Gasteiger partial charge on any atom is 0.118 e. The molecule has 2 nitrogen and oxygen atoms in total. The number of nitrogens with zero attached hydrogens (tertiary/aromatic N) is 1. The van der Waals surface area contributed by atoms with Gasteiger partial charge in [-0.1, -0.05) is 24.3 Å². The minimum atomic E-state index is 0.968. The van der Waals surface area contributed by atoms with Crippen LogP contribution in [-0.2, 0) is 6.54 Å². The molecule has 0 unspecified atom stereocenters. The van der Waals surface area contributed by atoms with Crippen molar-refractivity contribution in [2.45, 2.75) is 11.4 Å². The van der Waals surface area contributed by atoms with Crippen molar-refractivity contribution in [3.8, 4) is 0 Å². The van der Waals surface area contributed by atoms with Gasteiger partial charge in [-0.2, -0.15) is 0 Å². The molecule has 2 rings (SSSR count). The zero-order valence-corrected chi connectivity index (χ0v) is 10.6. The minimum absolute atomic E-state index is 0.968. The van der Waals surface area contributed by atoms with Crippen LogP contribution in [-0.4, -0.2) is 17.3 Å². The molecule has 3 heteroatoms. The van der Waals surface area contributed by atoms with Gasteiger partial charge in [-0.25, -0.2) is 0 Å². The predicted octanol–water partition coefficient (Wildman–Crippen LogP) is 1.94. The number of quaternary nitrogens is 1. The first-order valence-corrected chi connectivity index (χ1v) is 6.83. The van der Waals surface area contributed by atoms with Crippen molar-refractivity contribution in [2.24, 2.45) is 0 Å². The molecule has 0 spiro atoms. The highest BCUT2D eigenvalue weighted by molar-refractivity contribution is 7.99. The number of aromatic nitrogens is 1. The molecule has 0 atom stereocenters. The van der Waals surface area contributed by atoms with E-state index in [0.29, 0.717) is 0 Å². The van der Waals surface area contributed by atoms with E-state index in [0.717, 1.165) is 24.5 Å². The SMILES string of the molecule is c1ccc(SCC[NH2+]Cc2ccccn2)cc1. The number of benzene rings is 1. The predicted molar refractivity (Wildman–Crippen MR) is 71.9 cm³/mol. The second-order valence-corrected chi connectivity index (χ2v) is 4.93. The lowest BCUT2D eigenvalue weighted by molar-refractivity contribution is -0.667. The number of thioether (sulfide) groups is 1. The molecular formula is C14H17N2S+. The van der Waals surface area contributed by atoms with E-state index in [1.807, 2.05) is 30.1 Å². The third kappa shape index (κ3) is 4.59. The van der Waals surface area contributed by atoms with Gasteiger partial charge in [0.1, 0.15) is 6.54 Å². The maximum absolute atomic E-state index is 4.30. The van der Waals surface area contributed by atoms with Gasteiger partial charge in [0.05, 0.1) is 12.2 Å². The average Bonchev–Trinajstić information content (AvgIpc) is 2.41. The van der Waals surface area contributed by atoms with Crippen LogP contribution in [0.2, 0.25) is 0 Å². The van der Waals surface area contributed by atoms with Crippen LogP contribution < -0.4 is 5.32 Å². The Morgan fingerprint density at radius 1 is 1.00 bits per heavy atom. The monoisotopic (exact) mass is 245 g/mol. The molecule has 0 amide bonds. The summed E-state index contributed by atoms with van der Waals surface area (Å²) in [7, 11) is 0. The molecule has 2 aromatic rings. The third-order valence-corrected chi connectivity index (χ3v) is 3.46. The van der Waals surface area contributed by atoms with Gasteiger partial charge in [-0.05, 0) is 24.3 Å². The zero-order valence-electron chi connectivity index (χ0n) is 9.75. The van der Waals surface area contributed by atoms with Crippen molar-refractivity contribution in [1.82, 2.24) is 4.98 Å². The summed E-state index contributed by atoms with van der Waals surface area (Å²) in [6, 6.07) is 16.6. The standard InChI is InChI=1S/C14H16N2S/c1-2-7-14(8-3-1)17-11-10-15-12-13-6-4-5-9-16-13/h1-9,15H,10-12H2/p+1. The Morgan fingerprint density at radius 3 is 2.59 bits per heavy atom. The molecule has 2 N–H and O–H groups in total. The second-order valence-electron chi connectivity index (χ2n) is 3.76. The van der Waals surface area contributed by atoms with Crippen molar-refractivity contribution in [3.05, 3.63) is 60.4 Å². The van der Waals surface area contributed by atoms with Gasteiger partial charge in [-0.3, -0.25) is 4.98 Å². The molecule has 0 aliphatic heterocycles. The van der Waals surface area contributed by atoms with E-state index in [2.05, 4.69) is 46.7 Å². The molecule has 1 heterocycles. The van der Waals surface area contributed by atoms with Gasteiger partial charge in [0.25, 0.3) is 0 Å². The Labute approximate surface area is 106 Å². The fourth-order valence-corrected chi connectivity index (χ4v) is 2.42. The lowest BCUT2D eigenvalue weighted by atomic mass is 10.3. The van der Waals surface area contributed by atoms with E-state index < -0.39 is 0 Å². The minimum Gasteiger partial charge on any atom is -0.341 e. The third-order valence-electron chi connectivity index (χ3n) is 2.41. The summed E-state index contributed by atoms with van der Waals surface area (Å²) < 4.78 is 0. The van der Waals surface area contributed by atoms with Crippen LogP contribution in [0.5, 0.6) is 0 Å². The van der Waals surface area contributed by atoms with Crippen molar-refractivity contribution in [1.29, 1.82) is 0 Å². The highest BCUT2D eigenvalue weighted by Gasteiger charge is 1.96. The van der Waals surface area contributed by atoms with Crippen LogP contribution >= 0.6 is 11.8 Å². The van der Waals surface area contributed by atoms with E-state index in [4.69, 9.17) is 0 Å². The maximum atomic E-state index is 4.30. The van der Waals surface area contributed by atoms with Gasteiger partial charge >= 0.3 is 0 Å². The summed E-state index contributed by atoms with van der Waals surface area (Å²) in [5.41, 5.74) is 1.15. The molecule has 1 aromatic heterocycles. The molecule has 0 radical (unpaired) electrons. The number of nitrogens with two attached hydrogens (primary N) is 1. The van der Waals surface area contributed by atoms with Crippen molar-refractivity contribution < 1.29 is 5.32 Å². The summed E-state index contributed by atoms with van der Waals surface area (Å²) >= 11 is 1.90. The van der Waals surface area contributed by atoms with Crippen LogP contribution in [0.3, 0.4) is 0 Å². The van der Waals surface area contributed by atoms with Crippen molar-refractivity contribution in [3.63, 3.8) is 0 Å². The Kier molecular flexibility index (Phi) is 5.07. The first kappa shape index (κ1) is 12.1. The normalized spacial score (nSPS) is 10.4. The quantitative estimate of drug-likeness (QED) is 0.622. The molecule has 1 aromatic carbocycles. The van der Waals surface area contributed by atoms with Crippen LogP contribution in [0, 0.1) is 0 Å². The molecule has 17 heavy (non-hydrogen) atoms. The summed E-state index contributed by atoms with van der Waals surface area (Å²) in [5, 5.41) is 2.30. The topological polar surface area (TPSA) is 29.5 Å². The molecule has 0 saturated carbocycles. The second kappa shape index (κ2) is 7.09. The lowest BCUT2D eigenvalue weighted by Gasteiger charge is -2.01. The fraction of sp³-hybridized carbons (Fsp3) is 0.214.